The number of hydrogen-bond donors (Lipinski definition) is 1. The monoisotopic (exact) mass is 306 g/mol. The zero-order valence-electron chi connectivity index (χ0n) is 10.5. The van der Waals surface area contributed by atoms with E-state index in [0.29, 0.717) is 18.5 Å². The maximum absolute atomic E-state index is 11.7. The minimum absolute atomic E-state index is 0.229. The number of ether oxygens (including phenoxy) is 2. The van der Waals surface area contributed by atoms with Crippen LogP contribution < -0.4 is 4.72 Å². The Morgan fingerprint density at radius 3 is 2.74 bits per heavy atom. The van der Waals surface area contributed by atoms with Gasteiger partial charge in [-0.15, -0.1) is 11.3 Å². The molecule has 1 aromatic rings. The van der Waals surface area contributed by atoms with Crippen LogP contribution in [-0.2, 0) is 24.3 Å². The standard InChI is InChI=1S/C10H14N2O5S2/c1-16-8(9(13)17-2)7-5-18-10(11-7)12-19(14,15)6-3-4-6/h5-6,8H,3-4H2,1-2H3,(H,11,12). The molecular weight excluding hydrogens is 292 g/mol. The van der Waals surface area contributed by atoms with Gasteiger partial charge < -0.3 is 9.47 Å². The first kappa shape index (κ1) is 14.2. The van der Waals surface area contributed by atoms with E-state index in [0.717, 1.165) is 11.3 Å². The summed E-state index contributed by atoms with van der Waals surface area (Å²) in [6.07, 6.45) is 0.410. The highest BCUT2D eigenvalue weighted by molar-refractivity contribution is 7.93. The zero-order valence-corrected chi connectivity index (χ0v) is 12.1. The molecule has 1 N–H and O–H groups in total. The molecule has 0 aromatic carbocycles. The van der Waals surface area contributed by atoms with Gasteiger partial charge in [0.1, 0.15) is 0 Å². The SMILES string of the molecule is COC(=O)C(OC)c1csc(NS(=O)(=O)C2CC2)n1. The number of anilines is 1. The fourth-order valence-corrected chi connectivity index (χ4v) is 3.80. The van der Waals surface area contributed by atoms with Gasteiger partial charge in [0.25, 0.3) is 0 Å². The van der Waals surface area contributed by atoms with Crippen molar-refractivity contribution in [1.82, 2.24) is 4.98 Å². The maximum atomic E-state index is 11.7. The molecule has 0 aliphatic heterocycles. The third-order valence-electron chi connectivity index (χ3n) is 2.63. The molecule has 106 valence electrons. The van der Waals surface area contributed by atoms with Crippen LogP contribution in [-0.4, -0.2) is 38.8 Å². The normalized spacial score (nSPS) is 16.9. The van der Waals surface area contributed by atoms with Gasteiger partial charge in [0.05, 0.1) is 18.1 Å². The molecule has 0 bridgehead atoms. The van der Waals surface area contributed by atoms with Crippen molar-refractivity contribution < 1.29 is 22.7 Å². The number of methoxy groups -OCH3 is 2. The van der Waals surface area contributed by atoms with Gasteiger partial charge in [-0.3, -0.25) is 4.72 Å². The van der Waals surface area contributed by atoms with E-state index in [1.807, 2.05) is 0 Å². The van der Waals surface area contributed by atoms with E-state index in [1.165, 1.54) is 14.2 Å². The molecule has 9 heteroatoms. The van der Waals surface area contributed by atoms with E-state index in [2.05, 4.69) is 14.4 Å². The summed E-state index contributed by atoms with van der Waals surface area (Å²) >= 11 is 1.10. The highest BCUT2D eigenvalue weighted by Gasteiger charge is 2.36. The molecule has 1 aromatic heterocycles. The van der Waals surface area contributed by atoms with Crippen LogP contribution in [0.3, 0.4) is 0 Å². The number of sulfonamides is 1. The van der Waals surface area contributed by atoms with E-state index in [9.17, 15) is 13.2 Å². The van der Waals surface area contributed by atoms with E-state index >= 15 is 0 Å². The molecule has 1 aliphatic rings. The smallest absolute Gasteiger partial charge is 0.341 e. The molecule has 7 nitrogen and oxygen atoms in total. The molecule has 1 fully saturated rings. The Hall–Kier alpha value is -1.19. The molecule has 19 heavy (non-hydrogen) atoms. The highest BCUT2D eigenvalue weighted by atomic mass is 32.2. The van der Waals surface area contributed by atoms with Crippen LogP contribution in [0.4, 0.5) is 5.13 Å². The van der Waals surface area contributed by atoms with Gasteiger partial charge in [-0.1, -0.05) is 0 Å². The summed E-state index contributed by atoms with van der Waals surface area (Å²) in [4.78, 5) is 15.5. The molecule has 0 spiro atoms. The first-order valence-corrected chi connectivity index (χ1v) is 7.98. The van der Waals surface area contributed by atoms with Crippen LogP contribution in [0.1, 0.15) is 24.6 Å². The lowest BCUT2D eigenvalue weighted by Crippen LogP contribution is -2.18. The molecule has 0 radical (unpaired) electrons. The number of rotatable bonds is 6. The minimum atomic E-state index is -3.34. The van der Waals surface area contributed by atoms with Gasteiger partial charge in [0.15, 0.2) is 11.2 Å². The largest absolute Gasteiger partial charge is 0.467 e. The molecule has 1 unspecified atom stereocenters. The number of hydrogen-bond acceptors (Lipinski definition) is 7. The Balaban J connectivity index is 2.12. The predicted octanol–water partition coefficient (Wildman–Crippen LogP) is 0.908. The van der Waals surface area contributed by atoms with E-state index < -0.39 is 22.1 Å². The first-order chi connectivity index (χ1) is 8.97. The molecule has 1 atom stereocenters. The fraction of sp³-hybridized carbons (Fsp3) is 0.600. The molecule has 1 heterocycles. The van der Waals surface area contributed by atoms with Crippen LogP contribution in [0, 0.1) is 0 Å². The Kier molecular flexibility index (Phi) is 4.07. The summed E-state index contributed by atoms with van der Waals surface area (Å²) in [6, 6.07) is 0. The van der Waals surface area contributed by atoms with Crippen molar-refractivity contribution in [3.63, 3.8) is 0 Å². The molecule has 0 saturated heterocycles. The average molecular weight is 306 g/mol. The third-order valence-corrected chi connectivity index (χ3v) is 5.37. The Bertz CT molecular complexity index is 564. The Morgan fingerprint density at radius 2 is 2.21 bits per heavy atom. The van der Waals surface area contributed by atoms with Crippen molar-refractivity contribution in [2.45, 2.75) is 24.2 Å². The lowest BCUT2D eigenvalue weighted by atomic mass is 10.3. The van der Waals surface area contributed by atoms with E-state index in [4.69, 9.17) is 4.74 Å². The topological polar surface area (TPSA) is 94.6 Å². The lowest BCUT2D eigenvalue weighted by molar-refractivity contribution is -0.152. The van der Waals surface area contributed by atoms with Crippen molar-refractivity contribution in [2.24, 2.45) is 0 Å². The second-order valence-corrected chi connectivity index (χ2v) is 6.88. The van der Waals surface area contributed by atoms with Gasteiger partial charge in [-0.25, -0.2) is 18.2 Å². The maximum Gasteiger partial charge on any atom is 0.341 e. The summed E-state index contributed by atoms with van der Waals surface area (Å²) < 4.78 is 35.4. The fourth-order valence-electron chi connectivity index (χ4n) is 1.48. The van der Waals surface area contributed by atoms with Crippen molar-refractivity contribution in [2.75, 3.05) is 18.9 Å². The summed E-state index contributed by atoms with van der Waals surface area (Å²) in [6.45, 7) is 0. The number of carbonyl (C=O) groups is 1. The van der Waals surface area contributed by atoms with Gasteiger partial charge in [-0.05, 0) is 12.8 Å². The molecule has 2 rings (SSSR count). The third kappa shape index (κ3) is 3.23. The van der Waals surface area contributed by atoms with Crippen molar-refractivity contribution in [1.29, 1.82) is 0 Å². The van der Waals surface area contributed by atoms with Crippen LogP contribution in [0.25, 0.3) is 0 Å². The van der Waals surface area contributed by atoms with E-state index in [1.54, 1.807) is 5.38 Å². The number of nitrogens with zero attached hydrogens (tertiary/aromatic N) is 1. The van der Waals surface area contributed by atoms with Gasteiger partial charge in [0.2, 0.25) is 10.0 Å². The summed E-state index contributed by atoms with van der Waals surface area (Å²) in [5.74, 6) is -0.579. The summed E-state index contributed by atoms with van der Waals surface area (Å²) in [5, 5.41) is 1.47. The number of aromatic nitrogens is 1. The number of nitrogens with one attached hydrogen (secondary N) is 1. The van der Waals surface area contributed by atoms with Crippen molar-refractivity contribution in [3.05, 3.63) is 11.1 Å². The van der Waals surface area contributed by atoms with Crippen molar-refractivity contribution in [3.8, 4) is 0 Å². The number of thiazole rings is 1. The van der Waals surface area contributed by atoms with Crippen LogP contribution in [0.15, 0.2) is 5.38 Å². The quantitative estimate of drug-likeness (QED) is 0.785. The molecule has 1 aliphatic carbocycles. The van der Waals surface area contributed by atoms with E-state index in [-0.39, 0.29) is 10.4 Å². The van der Waals surface area contributed by atoms with Crippen LogP contribution in [0.5, 0.6) is 0 Å². The Morgan fingerprint density at radius 1 is 1.53 bits per heavy atom. The van der Waals surface area contributed by atoms with Gasteiger partial charge in [0, 0.05) is 12.5 Å². The Labute approximate surface area is 115 Å². The van der Waals surface area contributed by atoms with Crippen LogP contribution >= 0.6 is 11.3 Å². The molecular formula is C10H14N2O5S2. The second-order valence-electron chi connectivity index (χ2n) is 4.06. The second kappa shape index (κ2) is 5.43. The number of esters is 1. The van der Waals surface area contributed by atoms with Crippen molar-refractivity contribution >= 4 is 32.5 Å². The average Bonchev–Trinajstić information content (AvgIpc) is 3.14. The molecule has 0 amide bonds. The number of carbonyl (C=O) groups excluding carboxylic acids is 1. The van der Waals surface area contributed by atoms with Gasteiger partial charge in [-0.2, -0.15) is 0 Å². The predicted molar refractivity (Wildman–Crippen MR) is 69.4 cm³/mol. The van der Waals surface area contributed by atoms with Crippen LogP contribution in [0.2, 0.25) is 0 Å². The summed E-state index contributed by atoms with van der Waals surface area (Å²) in [7, 11) is -0.741. The molecule has 1 saturated carbocycles. The first-order valence-electron chi connectivity index (χ1n) is 5.55. The minimum Gasteiger partial charge on any atom is -0.467 e. The zero-order chi connectivity index (χ0) is 14.0. The van der Waals surface area contributed by atoms with Gasteiger partial charge >= 0.3 is 5.97 Å². The lowest BCUT2D eigenvalue weighted by Gasteiger charge is -2.09. The highest BCUT2D eigenvalue weighted by Crippen LogP contribution is 2.31. The summed E-state index contributed by atoms with van der Waals surface area (Å²) in [5.41, 5.74) is 0.327.